The van der Waals surface area contributed by atoms with E-state index in [2.05, 4.69) is 4.98 Å². The summed E-state index contributed by atoms with van der Waals surface area (Å²) in [7, 11) is 0. The standard InChI is InChI=1S/C12H13NO8/c14-7(15)3-1-5-6(2-4-8(16)17)10(12(20)21)13-9(5)11(18)19/h13H,1-4H2,(H,14,15)(H,16,17)(H,18,19)(H,20,21). The van der Waals surface area contributed by atoms with Gasteiger partial charge in [0.1, 0.15) is 11.4 Å². The van der Waals surface area contributed by atoms with Crippen LogP contribution in [-0.4, -0.2) is 49.3 Å². The van der Waals surface area contributed by atoms with Crippen molar-refractivity contribution in [2.45, 2.75) is 25.7 Å². The Kier molecular flexibility index (Phi) is 5.06. The Morgan fingerprint density at radius 2 is 1.05 bits per heavy atom. The van der Waals surface area contributed by atoms with Gasteiger partial charge < -0.3 is 25.4 Å². The summed E-state index contributed by atoms with van der Waals surface area (Å²) in [5.41, 5.74) is -0.810. The molecule has 0 atom stereocenters. The molecule has 1 aromatic rings. The second-order valence-electron chi connectivity index (χ2n) is 4.23. The lowest BCUT2D eigenvalue weighted by Crippen LogP contribution is -2.07. The van der Waals surface area contributed by atoms with E-state index in [4.69, 9.17) is 20.4 Å². The fourth-order valence-electron chi connectivity index (χ4n) is 1.96. The van der Waals surface area contributed by atoms with Crippen LogP contribution in [0.3, 0.4) is 0 Å². The number of H-pyrrole nitrogens is 1. The van der Waals surface area contributed by atoms with Crippen LogP contribution in [0.2, 0.25) is 0 Å². The molecule has 0 amide bonds. The van der Waals surface area contributed by atoms with E-state index < -0.39 is 48.1 Å². The van der Waals surface area contributed by atoms with Gasteiger partial charge in [-0.05, 0) is 24.0 Å². The number of aromatic carboxylic acids is 2. The minimum Gasteiger partial charge on any atom is -0.481 e. The molecule has 0 unspecified atom stereocenters. The predicted octanol–water partition coefficient (Wildman–Crippen LogP) is 0.445. The minimum atomic E-state index is -1.43. The molecule has 0 aliphatic rings. The Labute approximate surface area is 117 Å². The zero-order valence-electron chi connectivity index (χ0n) is 10.8. The molecule has 0 aromatic carbocycles. The number of aromatic nitrogens is 1. The van der Waals surface area contributed by atoms with Crippen molar-refractivity contribution in [1.82, 2.24) is 4.98 Å². The number of nitrogens with one attached hydrogen (secondary N) is 1. The Morgan fingerprint density at radius 1 is 0.714 bits per heavy atom. The first-order chi connectivity index (χ1) is 9.73. The average Bonchev–Trinajstić information content (AvgIpc) is 2.72. The highest BCUT2D eigenvalue weighted by Crippen LogP contribution is 2.23. The molecule has 0 fully saturated rings. The van der Waals surface area contributed by atoms with Crippen molar-refractivity contribution in [1.29, 1.82) is 0 Å². The fourth-order valence-corrected chi connectivity index (χ4v) is 1.96. The van der Waals surface area contributed by atoms with Gasteiger partial charge in [-0.15, -0.1) is 0 Å². The molecule has 0 spiro atoms. The Morgan fingerprint density at radius 3 is 1.29 bits per heavy atom. The lowest BCUT2D eigenvalue weighted by molar-refractivity contribution is -0.138. The van der Waals surface area contributed by atoms with Gasteiger partial charge in [0, 0.05) is 12.8 Å². The van der Waals surface area contributed by atoms with E-state index in [1.807, 2.05) is 0 Å². The van der Waals surface area contributed by atoms with E-state index in [9.17, 15) is 19.2 Å². The van der Waals surface area contributed by atoms with Crippen LogP contribution in [0.4, 0.5) is 0 Å². The molecule has 0 aliphatic heterocycles. The maximum absolute atomic E-state index is 11.1. The third-order valence-electron chi connectivity index (χ3n) is 2.82. The van der Waals surface area contributed by atoms with Gasteiger partial charge in [0.05, 0.1) is 0 Å². The lowest BCUT2D eigenvalue weighted by Gasteiger charge is -2.04. The third kappa shape index (κ3) is 4.06. The van der Waals surface area contributed by atoms with E-state index in [0.29, 0.717) is 0 Å². The first-order valence-electron chi connectivity index (χ1n) is 5.88. The van der Waals surface area contributed by atoms with Crippen LogP contribution >= 0.6 is 0 Å². The number of hydrogen-bond acceptors (Lipinski definition) is 4. The van der Waals surface area contributed by atoms with E-state index in [1.165, 1.54) is 0 Å². The summed E-state index contributed by atoms with van der Waals surface area (Å²) < 4.78 is 0. The topological polar surface area (TPSA) is 165 Å². The highest BCUT2D eigenvalue weighted by atomic mass is 16.4. The van der Waals surface area contributed by atoms with Crippen LogP contribution in [0.25, 0.3) is 0 Å². The van der Waals surface area contributed by atoms with Crippen molar-refractivity contribution in [3.8, 4) is 0 Å². The fraction of sp³-hybridized carbons (Fsp3) is 0.333. The molecule has 9 heteroatoms. The average molecular weight is 299 g/mol. The quantitative estimate of drug-likeness (QED) is 0.461. The molecule has 114 valence electrons. The molecule has 21 heavy (non-hydrogen) atoms. The Hall–Kier alpha value is -2.84. The highest BCUT2D eigenvalue weighted by Gasteiger charge is 2.25. The van der Waals surface area contributed by atoms with Crippen molar-refractivity contribution >= 4 is 23.9 Å². The molecule has 0 aliphatic carbocycles. The number of hydrogen-bond donors (Lipinski definition) is 5. The molecule has 9 nitrogen and oxygen atoms in total. The third-order valence-corrected chi connectivity index (χ3v) is 2.82. The van der Waals surface area contributed by atoms with Gasteiger partial charge in [-0.1, -0.05) is 0 Å². The predicted molar refractivity (Wildman–Crippen MR) is 66.6 cm³/mol. The van der Waals surface area contributed by atoms with E-state index in [1.54, 1.807) is 0 Å². The molecule has 1 heterocycles. The van der Waals surface area contributed by atoms with E-state index >= 15 is 0 Å². The van der Waals surface area contributed by atoms with Crippen LogP contribution in [0.5, 0.6) is 0 Å². The summed E-state index contributed by atoms with van der Waals surface area (Å²) in [6, 6.07) is 0. The van der Waals surface area contributed by atoms with E-state index in [-0.39, 0.29) is 24.0 Å². The number of rotatable bonds is 8. The zero-order valence-corrected chi connectivity index (χ0v) is 10.8. The molecule has 0 bridgehead atoms. The van der Waals surface area contributed by atoms with Gasteiger partial charge >= 0.3 is 23.9 Å². The van der Waals surface area contributed by atoms with Crippen LogP contribution in [0, 0.1) is 0 Å². The summed E-state index contributed by atoms with van der Waals surface area (Å²) >= 11 is 0. The van der Waals surface area contributed by atoms with Crippen molar-refractivity contribution in [2.24, 2.45) is 0 Å². The molecule has 1 aromatic heterocycles. The van der Waals surface area contributed by atoms with Gasteiger partial charge in [0.2, 0.25) is 0 Å². The van der Waals surface area contributed by atoms with Crippen LogP contribution in [-0.2, 0) is 22.4 Å². The summed E-state index contributed by atoms with van der Waals surface area (Å²) in [6.45, 7) is 0. The largest absolute Gasteiger partial charge is 0.481 e. The second-order valence-corrected chi connectivity index (χ2v) is 4.23. The molecule has 0 saturated carbocycles. The summed E-state index contributed by atoms with van der Waals surface area (Å²) in [4.78, 5) is 45.6. The number of carboxylic acid groups (broad SMARTS) is 4. The van der Waals surface area contributed by atoms with Gasteiger partial charge in [0.25, 0.3) is 0 Å². The highest BCUT2D eigenvalue weighted by molar-refractivity contribution is 5.94. The van der Waals surface area contributed by atoms with Gasteiger partial charge in [0.15, 0.2) is 0 Å². The van der Waals surface area contributed by atoms with E-state index in [0.717, 1.165) is 0 Å². The summed E-state index contributed by atoms with van der Waals surface area (Å²) in [5.74, 6) is -5.21. The molecule has 1 rings (SSSR count). The summed E-state index contributed by atoms with van der Waals surface area (Å²) in [6.07, 6.45) is -1.18. The molecule has 0 radical (unpaired) electrons. The zero-order chi connectivity index (χ0) is 16.2. The number of carbonyl (C=O) groups is 4. The van der Waals surface area contributed by atoms with Crippen molar-refractivity contribution in [3.63, 3.8) is 0 Å². The minimum absolute atomic E-state index is 0.0172. The number of carboxylic acids is 4. The molecular weight excluding hydrogens is 286 g/mol. The number of aromatic amines is 1. The van der Waals surface area contributed by atoms with Crippen molar-refractivity contribution in [2.75, 3.05) is 0 Å². The Bertz CT molecular complexity index is 550. The van der Waals surface area contributed by atoms with Crippen LogP contribution < -0.4 is 0 Å². The van der Waals surface area contributed by atoms with Crippen LogP contribution in [0.1, 0.15) is 44.9 Å². The first kappa shape index (κ1) is 16.2. The lowest BCUT2D eigenvalue weighted by atomic mass is 9.99. The molecular formula is C12H13NO8. The smallest absolute Gasteiger partial charge is 0.352 e. The molecule has 5 N–H and O–H groups in total. The first-order valence-corrected chi connectivity index (χ1v) is 5.88. The van der Waals surface area contributed by atoms with Gasteiger partial charge in [-0.25, -0.2) is 9.59 Å². The summed E-state index contributed by atoms with van der Waals surface area (Å²) in [5, 5.41) is 35.4. The maximum atomic E-state index is 11.1. The van der Waals surface area contributed by atoms with Crippen molar-refractivity contribution < 1.29 is 39.6 Å². The normalized spacial score (nSPS) is 10.3. The maximum Gasteiger partial charge on any atom is 0.352 e. The van der Waals surface area contributed by atoms with Gasteiger partial charge in [-0.3, -0.25) is 9.59 Å². The number of aliphatic carboxylic acids is 2. The SMILES string of the molecule is O=C(O)CCc1c(C(=O)O)[nH]c(C(=O)O)c1CCC(=O)O. The van der Waals surface area contributed by atoms with Crippen molar-refractivity contribution in [3.05, 3.63) is 22.5 Å². The monoisotopic (exact) mass is 299 g/mol. The second kappa shape index (κ2) is 6.55. The van der Waals surface area contributed by atoms with Crippen LogP contribution in [0.15, 0.2) is 0 Å². The van der Waals surface area contributed by atoms with Gasteiger partial charge in [-0.2, -0.15) is 0 Å². The Balaban J connectivity index is 3.30. The molecule has 0 saturated heterocycles.